The van der Waals surface area contributed by atoms with E-state index in [1.54, 1.807) is 57.2 Å². The molecule has 1 aromatic carbocycles. The zero-order valence-corrected chi connectivity index (χ0v) is 16.3. The molecule has 7 nitrogen and oxygen atoms in total. The van der Waals surface area contributed by atoms with E-state index >= 15 is 0 Å². The number of aromatic nitrogens is 1. The van der Waals surface area contributed by atoms with Crippen LogP contribution >= 0.6 is 11.6 Å². The highest BCUT2D eigenvalue weighted by Gasteiger charge is 2.22. The number of carbonyl (C=O) groups is 3. The Balaban J connectivity index is 2.07. The van der Waals surface area contributed by atoms with Gasteiger partial charge < -0.3 is 10.1 Å². The fraction of sp³-hybridized carbons (Fsp3) is 0.316. The summed E-state index contributed by atoms with van der Waals surface area (Å²) in [4.78, 5) is 36.8. The molecule has 0 radical (unpaired) electrons. The van der Waals surface area contributed by atoms with E-state index in [2.05, 4.69) is 10.7 Å². The molecule has 0 fully saturated rings. The van der Waals surface area contributed by atoms with Crippen molar-refractivity contribution in [2.24, 2.45) is 0 Å². The summed E-state index contributed by atoms with van der Waals surface area (Å²) in [5.41, 5.74) is 2.46. The summed E-state index contributed by atoms with van der Waals surface area (Å²) >= 11 is 6.08. The SMILES string of the molecule is CC(NC(=O)OC(C)(C)C)C(=O)Nn1cccc1C(=O)c1ccccc1Cl. The van der Waals surface area contributed by atoms with Crippen molar-refractivity contribution in [2.45, 2.75) is 39.3 Å². The van der Waals surface area contributed by atoms with E-state index in [0.29, 0.717) is 10.6 Å². The second-order valence-electron chi connectivity index (χ2n) is 6.92. The lowest BCUT2D eigenvalue weighted by atomic mass is 10.1. The molecular weight excluding hydrogens is 370 g/mol. The molecule has 1 atom stereocenters. The van der Waals surface area contributed by atoms with E-state index in [0.717, 1.165) is 0 Å². The monoisotopic (exact) mass is 391 g/mol. The summed E-state index contributed by atoms with van der Waals surface area (Å²) in [5, 5.41) is 2.77. The molecule has 1 unspecified atom stereocenters. The van der Waals surface area contributed by atoms with Crippen LogP contribution in [0.2, 0.25) is 5.02 Å². The first-order chi connectivity index (χ1) is 12.6. The van der Waals surface area contributed by atoms with E-state index in [9.17, 15) is 14.4 Å². The molecule has 2 aromatic rings. The van der Waals surface area contributed by atoms with Gasteiger partial charge in [0.1, 0.15) is 17.3 Å². The van der Waals surface area contributed by atoms with Gasteiger partial charge in [-0.3, -0.25) is 19.7 Å². The van der Waals surface area contributed by atoms with E-state index in [4.69, 9.17) is 16.3 Å². The molecule has 0 aliphatic heterocycles. The third kappa shape index (κ3) is 5.59. The Labute approximate surface area is 162 Å². The van der Waals surface area contributed by atoms with Gasteiger partial charge in [-0.1, -0.05) is 23.7 Å². The number of benzene rings is 1. The molecular formula is C19H22ClN3O4. The van der Waals surface area contributed by atoms with Crippen molar-refractivity contribution in [3.63, 3.8) is 0 Å². The predicted octanol–water partition coefficient (Wildman–Crippen LogP) is 3.36. The van der Waals surface area contributed by atoms with Gasteiger partial charge in [-0.2, -0.15) is 0 Å². The maximum Gasteiger partial charge on any atom is 0.408 e. The predicted molar refractivity (Wildman–Crippen MR) is 103 cm³/mol. The second-order valence-corrected chi connectivity index (χ2v) is 7.32. The highest BCUT2D eigenvalue weighted by atomic mass is 35.5. The first kappa shape index (κ1) is 20.5. The van der Waals surface area contributed by atoms with Crippen LogP contribution in [0.4, 0.5) is 4.79 Å². The summed E-state index contributed by atoms with van der Waals surface area (Å²) in [7, 11) is 0. The smallest absolute Gasteiger partial charge is 0.408 e. The van der Waals surface area contributed by atoms with Crippen molar-refractivity contribution in [1.29, 1.82) is 0 Å². The lowest BCUT2D eigenvalue weighted by Crippen LogP contribution is -2.45. The lowest BCUT2D eigenvalue weighted by molar-refractivity contribution is -0.118. The van der Waals surface area contributed by atoms with Crippen LogP contribution in [-0.4, -0.2) is 34.1 Å². The minimum absolute atomic E-state index is 0.237. The van der Waals surface area contributed by atoms with Gasteiger partial charge in [0.05, 0.1) is 5.02 Å². The standard InChI is InChI=1S/C19H22ClN3O4/c1-12(21-18(26)27-19(2,3)4)17(25)22-23-11-7-10-15(23)16(24)13-8-5-6-9-14(13)20/h5-12H,1-4H3,(H,21,26)(H,22,25). The summed E-state index contributed by atoms with van der Waals surface area (Å²) < 4.78 is 6.41. The minimum atomic E-state index is -0.870. The van der Waals surface area contributed by atoms with Crippen LogP contribution in [-0.2, 0) is 9.53 Å². The summed E-state index contributed by atoms with van der Waals surface area (Å²) in [6, 6.07) is 8.98. The van der Waals surface area contributed by atoms with Crippen LogP contribution in [0.3, 0.4) is 0 Å². The average molecular weight is 392 g/mol. The fourth-order valence-electron chi connectivity index (χ4n) is 2.21. The maximum atomic E-state index is 12.7. The minimum Gasteiger partial charge on any atom is -0.444 e. The van der Waals surface area contributed by atoms with Crippen molar-refractivity contribution in [3.05, 3.63) is 58.9 Å². The quantitative estimate of drug-likeness (QED) is 0.765. The van der Waals surface area contributed by atoms with Gasteiger partial charge in [-0.25, -0.2) is 4.79 Å². The Morgan fingerprint density at radius 3 is 2.41 bits per heavy atom. The molecule has 1 heterocycles. The third-order valence-corrected chi connectivity index (χ3v) is 3.79. The Morgan fingerprint density at radius 1 is 1.11 bits per heavy atom. The molecule has 2 amide bonds. The van der Waals surface area contributed by atoms with Crippen LogP contribution in [0, 0.1) is 0 Å². The largest absolute Gasteiger partial charge is 0.444 e. The fourth-order valence-corrected chi connectivity index (χ4v) is 2.43. The summed E-state index contributed by atoms with van der Waals surface area (Å²) in [5.74, 6) is -0.844. The number of carbonyl (C=O) groups excluding carboxylic acids is 3. The van der Waals surface area contributed by atoms with Gasteiger partial charge in [0.25, 0.3) is 5.91 Å². The zero-order chi connectivity index (χ0) is 20.2. The number of nitrogens with zero attached hydrogens (tertiary/aromatic N) is 1. The number of alkyl carbamates (subject to hydrolysis) is 1. The zero-order valence-electron chi connectivity index (χ0n) is 15.6. The van der Waals surface area contributed by atoms with Crippen molar-refractivity contribution < 1.29 is 19.1 Å². The number of amides is 2. The van der Waals surface area contributed by atoms with Gasteiger partial charge >= 0.3 is 6.09 Å². The first-order valence-electron chi connectivity index (χ1n) is 8.35. The number of rotatable bonds is 5. The maximum absolute atomic E-state index is 12.7. The molecule has 1 aromatic heterocycles. The van der Waals surface area contributed by atoms with Crippen LogP contribution in [0.1, 0.15) is 43.7 Å². The Hall–Kier alpha value is -2.80. The number of nitrogens with one attached hydrogen (secondary N) is 2. The van der Waals surface area contributed by atoms with E-state index in [1.807, 2.05) is 0 Å². The summed E-state index contributed by atoms with van der Waals surface area (Å²) in [6.07, 6.45) is 0.826. The normalized spacial score (nSPS) is 12.2. The van der Waals surface area contributed by atoms with Crippen molar-refractivity contribution in [1.82, 2.24) is 9.99 Å². The molecule has 0 aliphatic rings. The molecule has 2 N–H and O–H groups in total. The molecule has 0 aliphatic carbocycles. The molecule has 0 saturated carbocycles. The van der Waals surface area contributed by atoms with Gasteiger partial charge in [-0.15, -0.1) is 0 Å². The van der Waals surface area contributed by atoms with Gasteiger partial charge in [0.2, 0.25) is 5.78 Å². The number of ketones is 1. The highest BCUT2D eigenvalue weighted by molar-refractivity contribution is 6.34. The van der Waals surface area contributed by atoms with Gasteiger partial charge in [-0.05, 0) is 52.0 Å². The van der Waals surface area contributed by atoms with Gasteiger partial charge in [0, 0.05) is 11.8 Å². The van der Waals surface area contributed by atoms with Gasteiger partial charge in [0.15, 0.2) is 0 Å². The number of ether oxygens (including phenoxy) is 1. The summed E-state index contributed by atoms with van der Waals surface area (Å²) in [6.45, 7) is 6.69. The average Bonchev–Trinajstić information content (AvgIpc) is 3.00. The van der Waals surface area contributed by atoms with E-state index < -0.39 is 23.6 Å². The number of hydrogen-bond acceptors (Lipinski definition) is 4. The molecule has 8 heteroatoms. The third-order valence-electron chi connectivity index (χ3n) is 3.46. The molecule has 144 valence electrons. The van der Waals surface area contributed by atoms with Crippen LogP contribution in [0.25, 0.3) is 0 Å². The lowest BCUT2D eigenvalue weighted by Gasteiger charge is -2.22. The molecule has 27 heavy (non-hydrogen) atoms. The van der Waals surface area contributed by atoms with E-state index in [1.165, 1.54) is 17.8 Å². The highest BCUT2D eigenvalue weighted by Crippen LogP contribution is 2.19. The topological polar surface area (TPSA) is 89.4 Å². The number of halogens is 1. The van der Waals surface area contributed by atoms with Crippen molar-refractivity contribution in [2.75, 3.05) is 5.43 Å². The second kappa shape index (κ2) is 8.26. The van der Waals surface area contributed by atoms with Crippen LogP contribution in [0.15, 0.2) is 42.6 Å². The number of hydrogen-bond donors (Lipinski definition) is 2. The van der Waals surface area contributed by atoms with Crippen LogP contribution in [0.5, 0.6) is 0 Å². The Kier molecular flexibility index (Phi) is 6.28. The van der Waals surface area contributed by atoms with Crippen molar-refractivity contribution in [3.8, 4) is 0 Å². The molecule has 0 bridgehead atoms. The van der Waals surface area contributed by atoms with Crippen LogP contribution < -0.4 is 10.7 Å². The first-order valence-corrected chi connectivity index (χ1v) is 8.73. The van der Waals surface area contributed by atoms with Crippen molar-refractivity contribution >= 4 is 29.4 Å². The molecule has 2 rings (SSSR count). The Morgan fingerprint density at radius 2 is 1.78 bits per heavy atom. The Bertz CT molecular complexity index is 855. The van der Waals surface area contributed by atoms with E-state index in [-0.39, 0.29) is 11.5 Å². The molecule has 0 saturated heterocycles. The molecule has 0 spiro atoms.